The van der Waals surface area contributed by atoms with Crippen LogP contribution in [-0.2, 0) is 14.3 Å². The number of carbonyl (C=O) groups is 2. The number of nitrogens with one attached hydrogen (secondary N) is 1. The molecule has 1 aromatic carbocycles. The van der Waals surface area contributed by atoms with Gasteiger partial charge in [0, 0.05) is 4.90 Å². The molecule has 0 aliphatic carbocycles. The number of hydrogen-bond acceptors (Lipinski definition) is 4. The number of carbonyl (C=O) groups excluding carboxylic acids is 2. The number of benzene rings is 1. The Hall–Kier alpha value is -1.49. The molecule has 0 saturated heterocycles. The molecule has 0 spiro atoms. The van der Waals surface area contributed by atoms with Crippen LogP contribution in [-0.4, -0.2) is 30.8 Å². The molecule has 0 heterocycles. The van der Waals surface area contributed by atoms with Gasteiger partial charge in [0.1, 0.15) is 6.04 Å². The van der Waals surface area contributed by atoms with Gasteiger partial charge in [0.15, 0.2) is 0 Å². The first kappa shape index (κ1) is 15.6. The monoisotopic (exact) mass is 281 g/mol. The van der Waals surface area contributed by atoms with Gasteiger partial charge in [-0.1, -0.05) is 17.7 Å². The second-order valence-electron chi connectivity index (χ2n) is 4.37. The summed E-state index contributed by atoms with van der Waals surface area (Å²) in [5.41, 5.74) is 2.31. The number of esters is 1. The van der Waals surface area contributed by atoms with Crippen molar-refractivity contribution in [1.29, 1.82) is 0 Å². The summed E-state index contributed by atoms with van der Waals surface area (Å²) in [6, 6.07) is 5.51. The summed E-state index contributed by atoms with van der Waals surface area (Å²) in [6.45, 7) is 5.63. The molecule has 5 heteroatoms. The number of hydrogen-bond donors (Lipinski definition) is 1. The Morgan fingerprint density at radius 1 is 1.37 bits per heavy atom. The summed E-state index contributed by atoms with van der Waals surface area (Å²) < 4.78 is 4.55. The van der Waals surface area contributed by atoms with E-state index in [0.717, 1.165) is 16.0 Å². The number of amides is 1. The lowest BCUT2D eigenvalue weighted by Crippen LogP contribution is -2.40. The quantitative estimate of drug-likeness (QED) is 0.663. The third-order valence-corrected chi connectivity index (χ3v) is 3.79. The topological polar surface area (TPSA) is 55.4 Å². The highest BCUT2D eigenvalue weighted by Crippen LogP contribution is 2.23. The molecule has 0 bridgehead atoms. The fourth-order valence-electron chi connectivity index (χ4n) is 1.52. The number of rotatable bonds is 5. The molecule has 0 fully saturated rings. The first-order chi connectivity index (χ1) is 8.93. The van der Waals surface area contributed by atoms with Crippen LogP contribution in [0.2, 0.25) is 0 Å². The molecule has 0 unspecified atom stereocenters. The van der Waals surface area contributed by atoms with Gasteiger partial charge in [0.25, 0.3) is 0 Å². The predicted octanol–water partition coefficient (Wildman–Crippen LogP) is 2.07. The average Bonchev–Trinajstić information content (AvgIpc) is 2.38. The Bertz CT molecular complexity index is 474. The van der Waals surface area contributed by atoms with Crippen LogP contribution < -0.4 is 5.32 Å². The molecule has 0 aliphatic heterocycles. The largest absolute Gasteiger partial charge is 0.467 e. The van der Waals surface area contributed by atoms with Gasteiger partial charge >= 0.3 is 5.97 Å². The summed E-state index contributed by atoms with van der Waals surface area (Å²) in [5.74, 6) is -0.333. The molecular formula is C14H19NO3S. The molecule has 1 aromatic rings. The van der Waals surface area contributed by atoms with Crippen molar-refractivity contribution in [2.75, 3.05) is 12.9 Å². The highest BCUT2D eigenvalue weighted by atomic mass is 32.2. The first-order valence-corrected chi connectivity index (χ1v) is 7.00. The van der Waals surface area contributed by atoms with Gasteiger partial charge < -0.3 is 10.1 Å². The van der Waals surface area contributed by atoms with Crippen LogP contribution in [0.4, 0.5) is 0 Å². The minimum Gasteiger partial charge on any atom is -0.467 e. The molecule has 1 amide bonds. The molecule has 0 saturated carbocycles. The Kier molecular flexibility index (Phi) is 5.89. The maximum absolute atomic E-state index is 11.7. The van der Waals surface area contributed by atoms with Crippen LogP contribution in [0.3, 0.4) is 0 Å². The van der Waals surface area contributed by atoms with E-state index in [2.05, 4.69) is 16.1 Å². The fraction of sp³-hybridized carbons (Fsp3) is 0.429. The molecule has 1 N–H and O–H groups in total. The van der Waals surface area contributed by atoms with E-state index in [4.69, 9.17) is 0 Å². The van der Waals surface area contributed by atoms with Gasteiger partial charge in [-0.25, -0.2) is 4.79 Å². The van der Waals surface area contributed by atoms with E-state index in [9.17, 15) is 9.59 Å². The molecule has 1 atom stereocenters. The van der Waals surface area contributed by atoms with Crippen LogP contribution in [0.25, 0.3) is 0 Å². The fourth-order valence-corrected chi connectivity index (χ4v) is 2.46. The van der Waals surface area contributed by atoms with Crippen LogP contribution in [0, 0.1) is 13.8 Å². The van der Waals surface area contributed by atoms with Crippen molar-refractivity contribution in [3.05, 3.63) is 29.3 Å². The molecule has 0 aliphatic rings. The number of thioether (sulfide) groups is 1. The van der Waals surface area contributed by atoms with Crippen molar-refractivity contribution in [3.8, 4) is 0 Å². The van der Waals surface area contributed by atoms with Gasteiger partial charge in [0.2, 0.25) is 5.91 Å². The highest BCUT2D eigenvalue weighted by Gasteiger charge is 2.15. The Morgan fingerprint density at radius 2 is 2.05 bits per heavy atom. The van der Waals surface area contributed by atoms with E-state index < -0.39 is 12.0 Å². The van der Waals surface area contributed by atoms with Gasteiger partial charge in [-0.05, 0) is 32.4 Å². The lowest BCUT2D eigenvalue weighted by atomic mass is 10.2. The van der Waals surface area contributed by atoms with Gasteiger partial charge in [-0.3, -0.25) is 4.79 Å². The standard InChI is InChI=1S/C14H19NO3S/c1-9-5-6-10(2)12(7-9)19-8-13(16)15-11(3)14(17)18-4/h5-7,11H,8H2,1-4H3,(H,15,16)/t11-/m0/s1. The summed E-state index contributed by atoms with van der Waals surface area (Å²) in [6.07, 6.45) is 0. The molecule has 4 nitrogen and oxygen atoms in total. The number of ether oxygens (including phenoxy) is 1. The van der Waals surface area contributed by atoms with E-state index >= 15 is 0 Å². The Labute approximate surface area is 117 Å². The van der Waals surface area contributed by atoms with Gasteiger partial charge in [0.05, 0.1) is 12.9 Å². The third-order valence-electron chi connectivity index (χ3n) is 2.63. The van der Waals surface area contributed by atoms with Crippen molar-refractivity contribution in [2.24, 2.45) is 0 Å². The Balaban J connectivity index is 2.50. The van der Waals surface area contributed by atoms with Crippen LogP contribution in [0.5, 0.6) is 0 Å². The van der Waals surface area contributed by atoms with Crippen molar-refractivity contribution in [1.82, 2.24) is 5.32 Å². The summed E-state index contributed by atoms with van der Waals surface area (Å²) >= 11 is 1.47. The molecule has 19 heavy (non-hydrogen) atoms. The summed E-state index contributed by atoms with van der Waals surface area (Å²) in [7, 11) is 1.30. The van der Waals surface area contributed by atoms with Crippen LogP contribution >= 0.6 is 11.8 Å². The second kappa shape index (κ2) is 7.19. The summed E-state index contributed by atoms with van der Waals surface area (Å²) in [5, 5.41) is 2.60. The van der Waals surface area contributed by atoms with Crippen molar-refractivity contribution >= 4 is 23.6 Å². The van der Waals surface area contributed by atoms with Crippen LogP contribution in [0.15, 0.2) is 23.1 Å². The van der Waals surface area contributed by atoms with Crippen molar-refractivity contribution in [2.45, 2.75) is 31.7 Å². The molecular weight excluding hydrogens is 262 g/mol. The van der Waals surface area contributed by atoms with Crippen molar-refractivity contribution < 1.29 is 14.3 Å². The number of aryl methyl sites for hydroxylation is 2. The zero-order valence-electron chi connectivity index (χ0n) is 11.6. The minimum absolute atomic E-state index is 0.177. The summed E-state index contributed by atoms with van der Waals surface area (Å²) in [4.78, 5) is 24.0. The van der Waals surface area contributed by atoms with E-state index in [1.54, 1.807) is 6.92 Å². The maximum atomic E-state index is 11.7. The number of methoxy groups -OCH3 is 1. The predicted molar refractivity (Wildman–Crippen MR) is 76.3 cm³/mol. The lowest BCUT2D eigenvalue weighted by Gasteiger charge is -2.12. The minimum atomic E-state index is -0.614. The maximum Gasteiger partial charge on any atom is 0.328 e. The normalized spacial score (nSPS) is 11.8. The molecule has 0 radical (unpaired) electrons. The molecule has 1 rings (SSSR count). The highest BCUT2D eigenvalue weighted by molar-refractivity contribution is 8.00. The zero-order chi connectivity index (χ0) is 14.4. The van der Waals surface area contributed by atoms with Crippen LogP contribution in [0.1, 0.15) is 18.1 Å². The Morgan fingerprint density at radius 3 is 2.68 bits per heavy atom. The van der Waals surface area contributed by atoms with E-state index in [-0.39, 0.29) is 11.7 Å². The second-order valence-corrected chi connectivity index (χ2v) is 5.39. The lowest BCUT2D eigenvalue weighted by molar-refractivity contribution is -0.144. The van der Waals surface area contributed by atoms with E-state index in [1.165, 1.54) is 18.9 Å². The SMILES string of the molecule is COC(=O)[C@H](C)NC(=O)CSc1cc(C)ccc1C. The third kappa shape index (κ3) is 4.95. The molecule has 0 aromatic heterocycles. The van der Waals surface area contributed by atoms with Crippen molar-refractivity contribution in [3.63, 3.8) is 0 Å². The smallest absolute Gasteiger partial charge is 0.328 e. The van der Waals surface area contributed by atoms with Gasteiger partial charge in [-0.15, -0.1) is 11.8 Å². The molecule has 104 valence electrons. The zero-order valence-corrected chi connectivity index (χ0v) is 12.5. The average molecular weight is 281 g/mol. The first-order valence-electron chi connectivity index (χ1n) is 6.01. The van der Waals surface area contributed by atoms with E-state index in [1.807, 2.05) is 26.0 Å². The van der Waals surface area contributed by atoms with Gasteiger partial charge in [-0.2, -0.15) is 0 Å². The van der Waals surface area contributed by atoms with E-state index in [0.29, 0.717) is 0 Å².